The number of amides is 2. The number of rotatable bonds is 11. The van der Waals surface area contributed by atoms with Crippen LogP contribution in [0.3, 0.4) is 0 Å². The average Bonchev–Trinajstić information content (AvgIpc) is 3.46. The van der Waals surface area contributed by atoms with E-state index in [9.17, 15) is 9.59 Å². The van der Waals surface area contributed by atoms with Gasteiger partial charge in [-0.3, -0.25) is 10.1 Å². The maximum Gasteiger partial charge on any atom is 0.323 e. The quantitative estimate of drug-likeness (QED) is 0.434. The molecule has 2 aliphatic rings. The Morgan fingerprint density at radius 2 is 1.90 bits per heavy atom. The number of hydrogen-bond acceptors (Lipinski definition) is 6. The summed E-state index contributed by atoms with van der Waals surface area (Å²) >= 11 is 2.54. The van der Waals surface area contributed by atoms with Crippen molar-refractivity contribution in [3.05, 3.63) is 6.20 Å². The number of aromatic nitrogens is 1. The van der Waals surface area contributed by atoms with Crippen molar-refractivity contribution >= 4 is 40.2 Å². The summed E-state index contributed by atoms with van der Waals surface area (Å²) in [6, 6.07) is 0.145. The van der Waals surface area contributed by atoms with Gasteiger partial charge in [-0.2, -0.15) is 0 Å². The summed E-state index contributed by atoms with van der Waals surface area (Å²) in [7, 11) is 1.84. The van der Waals surface area contributed by atoms with Gasteiger partial charge in [0.15, 0.2) is 5.13 Å². The summed E-state index contributed by atoms with van der Waals surface area (Å²) in [5, 5.41) is 12.3. The van der Waals surface area contributed by atoms with E-state index in [1.54, 1.807) is 6.20 Å². The largest absolute Gasteiger partial charge is 0.481 e. The number of thiazole rings is 1. The van der Waals surface area contributed by atoms with Crippen LogP contribution < -0.4 is 5.32 Å². The number of hydrogen-bond donors (Lipinski definition) is 2. The Labute approximate surface area is 193 Å². The SMILES string of the molecule is COC(C1CC1)C1CCC(N(CCC(C)C)C(=O)Nc2ncc(SCC(=O)O)s2)CC1. The number of thioether (sulfide) groups is 1. The molecule has 174 valence electrons. The van der Waals surface area contributed by atoms with Crippen LogP contribution in [0, 0.1) is 17.8 Å². The van der Waals surface area contributed by atoms with Gasteiger partial charge >= 0.3 is 12.0 Å². The second-order valence-electron chi connectivity index (χ2n) is 9.08. The number of ether oxygens (including phenoxy) is 1. The lowest BCUT2D eigenvalue weighted by molar-refractivity contribution is -0.133. The number of methoxy groups -OCH3 is 1. The predicted octanol–water partition coefficient (Wildman–Crippen LogP) is 5.18. The molecule has 2 fully saturated rings. The molecule has 2 amide bonds. The van der Waals surface area contributed by atoms with Crippen LogP contribution in [-0.2, 0) is 9.53 Å². The fourth-order valence-electron chi connectivity index (χ4n) is 4.46. The Hall–Kier alpha value is -1.32. The molecule has 3 rings (SSSR count). The van der Waals surface area contributed by atoms with E-state index in [0.29, 0.717) is 23.1 Å². The molecule has 2 N–H and O–H groups in total. The van der Waals surface area contributed by atoms with Gasteiger partial charge in [0.25, 0.3) is 0 Å². The average molecular weight is 470 g/mol. The van der Waals surface area contributed by atoms with Gasteiger partial charge in [-0.1, -0.05) is 25.2 Å². The monoisotopic (exact) mass is 469 g/mol. The first kappa shape index (κ1) is 24.3. The number of urea groups is 1. The summed E-state index contributed by atoms with van der Waals surface area (Å²) in [5.74, 6) is 1.000. The van der Waals surface area contributed by atoms with Crippen LogP contribution >= 0.6 is 23.1 Å². The number of anilines is 1. The Morgan fingerprint density at radius 1 is 1.26 bits per heavy atom. The van der Waals surface area contributed by atoms with Crippen molar-refractivity contribution in [2.45, 2.75) is 75.1 Å². The first-order valence-electron chi connectivity index (χ1n) is 11.3. The standard InChI is InChI=1S/C22H35N3O4S2/c1-14(2)10-11-25(17-8-6-16(7-9-17)20(29-3)15-4-5-15)22(28)24-21-23-12-19(31-21)30-13-18(26)27/h12,14-17,20H,4-11,13H2,1-3H3,(H,26,27)(H,23,24,28). The van der Waals surface area contributed by atoms with E-state index < -0.39 is 5.97 Å². The lowest BCUT2D eigenvalue weighted by Gasteiger charge is -2.39. The predicted molar refractivity (Wildman–Crippen MR) is 125 cm³/mol. The summed E-state index contributed by atoms with van der Waals surface area (Å²) < 4.78 is 6.60. The molecule has 0 aliphatic heterocycles. The van der Waals surface area contributed by atoms with Gasteiger partial charge in [-0.15, -0.1) is 11.8 Å². The van der Waals surface area contributed by atoms with E-state index in [4.69, 9.17) is 9.84 Å². The van der Waals surface area contributed by atoms with Crippen molar-refractivity contribution < 1.29 is 19.4 Å². The van der Waals surface area contributed by atoms with Crippen molar-refractivity contribution in [1.82, 2.24) is 9.88 Å². The Kier molecular flexibility index (Phi) is 9.04. The molecule has 1 atom stereocenters. The van der Waals surface area contributed by atoms with Crippen LogP contribution in [0.4, 0.5) is 9.93 Å². The van der Waals surface area contributed by atoms with Crippen LogP contribution in [0.25, 0.3) is 0 Å². The zero-order chi connectivity index (χ0) is 22.4. The van der Waals surface area contributed by atoms with E-state index in [-0.39, 0.29) is 17.8 Å². The third-order valence-electron chi connectivity index (χ3n) is 6.25. The first-order chi connectivity index (χ1) is 14.9. The number of carbonyl (C=O) groups excluding carboxylic acids is 1. The molecule has 1 aromatic heterocycles. The number of carbonyl (C=O) groups is 2. The van der Waals surface area contributed by atoms with Gasteiger partial charge in [0.05, 0.1) is 22.3 Å². The number of carboxylic acids is 1. The van der Waals surface area contributed by atoms with Gasteiger partial charge in [-0.05, 0) is 62.7 Å². The summed E-state index contributed by atoms with van der Waals surface area (Å²) in [5.41, 5.74) is 0. The second kappa shape index (κ2) is 11.5. The highest BCUT2D eigenvalue weighted by atomic mass is 32.2. The zero-order valence-electron chi connectivity index (χ0n) is 18.7. The minimum atomic E-state index is -0.864. The summed E-state index contributed by atoms with van der Waals surface area (Å²) in [6.07, 6.45) is 9.81. The molecule has 0 aromatic carbocycles. The number of aliphatic carboxylic acids is 1. The minimum absolute atomic E-state index is 0.0113. The first-order valence-corrected chi connectivity index (χ1v) is 13.1. The van der Waals surface area contributed by atoms with Crippen molar-refractivity contribution in [1.29, 1.82) is 0 Å². The molecule has 1 aromatic rings. The van der Waals surface area contributed by atoms with Gasteiger partial charge < -0.3 is 14.7 Å². The Morgan fingerprint density at radius 3 is 2.45 bits per heavy atom. The van der Waals surface area contributed by atoms with E-state index in [0.717, 1.165) is 48.8 Å². The maximum absolute atomic E-state index is 13.1. The third kappa shape index (κ3) is 7.36. The smallest absolute Gasteiger partial charge is 0.323 e. The molecule has 2 saturated carbocycles. The summed E-state index contributed by atoms with van der Waals surface area (Å²) in [6.45, 7) is 5.10. The number of nitrogens with one attached hydrogen (secondary N) is 1. The number of carboxylic acid groups (broad SMARTS) is 1. The lowest BCUT2D eigenvalue weighted by Crippen LogP contribution is -2.46. The van der Waals surface area contributed by atoms with Crippen molar-refractivity contribution in [2.75, 3.05) is 24.7 Å². The molecule has 0 bridgehead atoms. The van der Waals surface area contributed by atoms with E-state index >= 15 is 0 Å². The van der Waals surface area contributed by atoms with Gasteiger partial charge in [0, 0.05) is 19.7 Å². The van der Waals surface area contributed by atoms with E-state index in [2.05, 4.69) is 24.1 Å². The highest BCUT2D eigenvalue weighted by Gasteiger charge is 2.39. The Balaban J connectivity index is 1.58. The second-order valence-corrected chi connectivity index (χ2v) is 11.4. The van der Waals surface area contributed by atoms with Crippen LogP contribution in [0.15, 0.2) is 10.4 Å². The molecule has 1 heterocycles. The molecule has 0 saturated heterocycles. The van der Waals surface area contributed by atoms with Crippen LogP contribution in [0.2, 0.25) is 0 Å². The van der Waals surface area contributed by atoms with Crippen molar-refractivity contribution in [2.24, 2.45) is 17.8 Å². The summed E-state index contributed by atoms with van der Waals surface area (Å²) in [4.78, 5) is 30.2. The normalized spacial score (nSPS) is 22.3. The molecule has 31 heavy (non-hydrogen) atoms. The highest BCUT2D eigenvalue weighted by Crippen LogP contribution is 2.42. The van der Waals surface area contributed by atoms with Crippen molar-refractivity contribution in [3.63, 3.8) is 0 Å². The lowest BCUT2D eigenvalue weighted by atomic mass is 9.80. The van der Waals surface area contributed by atoms with Gasteiger partial charge in [0.1, 0.15) is 0 Å². The van der Waals surface area contributed by atoms with Crippen LogP contribution in [0.5, 0.6) is 0 Å². The number of nitrogens with zero attached hydrogens (tertiary/aromatic N) is 2. The zero-order valence-corrected chi connectivity index (χ0v) is 20.3. The fourth-order valence-corrected chi connectivity index (χ4v) is 6.05. The Bertz CT molecular complexity index is 730. The van der Waals surface area contributed by atoms with Crippen LogP contribution in [0.1, 0.15) is 58.8 Å². The molecular formula is C22H35N3O4S2. The topological polar surface area (TPSA) is 91.8 Å². The van der Waals surface area contributed by atoms with E-state index in [1.165, 1.54) is 35.9 Å². The van der Waals surface area contributed by atoms with E-state index in [1.807, 2.05) is 12.0 Å². The van der Waals surface area contributed by atoms with Gasteiger partial charge in [0.2, 0.25) is 0 Å². The molecule has 0 spiro atoms. The molecule has 0 radical (unpaired) electrons. The minimum Gasteiger partial charge on any atom is -0.481 e. The van der Waals surface area contributed by atoms with Gasteiger partial charge in [-0.25, -0.2) is 9.78 Å². The van der Waals surface area contributed by atoms with Crippen molar-refractivity contribution in [3.8, 4) is 0 Å². The molecule has 2 aliphatic carbocycles. The maximum atomic E-state index is 13.1. The highest BCUT2D eigenvalue weighted by molar-refractivity contribution is 8.01. The molecule has 9 heteroatoms. The molecule has 1 unspecified atom stereocenters. The third-order valence-corrected chi connectivity index (χ3v) is 8.34. The van der Waals surface area contributed by atoms with Crippen LogP contribution in [-0.4, -0.2) is 58.5 Å². The molecular weight excluding hydrogens is 434 g/mol. The molecule has 7 nitrogen and oxygen atoms in total. The fraction of sp³-hybridized carbons (Fsp3) is 0.773.